The van der Waals surface area contributed by atoms with E-state index in [0.29, 0.717) is 10.9 Å². The van der Waals surface area contributed by atoms with E-state index in [1.165, 1.54) is 19.1 Å². The summed E-state index contributed by atoms with van der Waals surface area (Å²) in [5, 5.41) is 3.29. The van der Waals surface area contributed by atoms with Gasteiger partial charge in [-0.25, -0.2) is 8.42 Å². The summed E-state index contributed by atoms with van der Waals surface area (Å²) in [5.74, 6) is 0. The molecule has 0 unspecified atom stereocenters. The van der Waals surface area contributed by atoms with Crippen LogP contribution >= 0.6 is 0 Å². The number of hydrogen-bond acceptors (Lipinski definition) is 4. The van der Waals surface area contributed by atoms with Crippen molar-refractivity contribution in [1.82, 2.24) is 0 Å². The van der Waals surface area contributed by atoms with Crippen molar-refractivity contribution in [3.05, 3.63) is 18.2 Å². The third-order valence-electron chi connectivity index (χ3n) is 3.58. The minimum absolute atomic E-state index is 0.424. The van der Waals surface area contributed by atoms with E-state index < -0.39 is 9.84 Å². The molecule has 4 nitrogen and oxygen atoms in total. The van der Waals surface area contributed by atoms with Gasteiger partial charge in [-0.3, -0.25) is 0 Å². The fourth-order valence-corrected chi connectivity index (χ4v) is 3.47. The van der Waals surface area contributed by atoms with Crippen LogP contribution in [0.2, 0.25) is 0 Å². The molecule has 1 aromatic rings. The summed E-state index contributed by atoms with van der Waals surface area (Å²) in [6.45, 7) is 1.85. The minimum Gasteiger partial charge on any atom is -0.382 e. The van der Waals surface area contributed by atoms with Crippen LogP contribution in [-0.4, -0.2) is 33.8 Å². The second kappa shape index (κ2) is 4.16. The quantitative estimate of drug-likeness (QED) is 0.888. The van der Waals surface area contributed by atoms with Crippen LogP contribution in [0.25, 0.3) is 0 Å². The lowest BCUT2D eigenvalue weighted by atomic mass is 10.2. The number of hydrogen-bond donors (Lipinski definition) is 1. The number of para-hydroxylation sites is 1. The van der Waals surface area contributed by atoms with Gasteiger partial charge in [0.1, 0.15) is 0 Å². The lowest BCUT2D eigenvalue weighted by Gasteiger charge is -2.25. The van der Waals surface area contributed by atoms with E-state index in [0.717, 1.165) is 30.9 Å². The lowest BCUT2D eigenvalue weighted by molar-refractivity contribution is 0.602. The SMILES string of the molecule is CS(=O)(=O)c1cccc2c1NCCCN2C1CC1. The van der Waals surface area contributed by atoms with Crippen LogP contribution in [0.3, 0.4) is 0 Å². The van der Waals surface area contributed by atoms with Crippen molar-refractivity contribution >= 4 is 21.2 Å². The van der Waals surface area contributed by atoms with Gasteiger partial charge in [0.05, 0.1) is 16.3 Å². The van der Waals surface area contributed by atoms with Gasteiger partial charge in [0.15, 0.2) is 9.84 Å². The van der Waals surface area contributed by atoms with Crippen LogP contribution in [0.5, 0.6) is 0 Å². The van der Waals surface area contributed by atoms with Gasteiger partial charge in [0.25, 0.3) is 0 Å². The number of sulfone groups is 1. The maximum atomic E-state index is 11.9. The molecule has 0 saturated heterocycles. The van der Waals surface area contributed by atoms with Crippen molar-refractivity contribution in [2.24, 2.45) is 0 Å². The van der Waals surface area contributed by atoms with Crippen molar-refractivity contribution < 1.29 is 8.42 Å². The first-order chi connectivity index (χ1) is 8.57. The summed E-state index contributed by atoms with van der Waals surface area (Å²) in [4.78, 5) is 2.79. The summed E-state index contributed by atoms with van der Waals surface area (Å²) < 4.78 is 23.7. The van der Waals surface area contributed by atoms with Crippen molar-refractivity contribution in [1.29, 1.82) is 0 Å². The lowest BCUT2D eigenvalue weighted by Crippen LogP contribution is -2.26. The van der Waals surface area contributed by atoms with Gasteiger partial charge in [0.2, 0.25) is 0 Å². The third-order valence-corrected chi connectivity index (χ3v) is 4.72. The van der Waals surface area contributed by atoms with Crippen molar-refractivity contribution in [3.8, 4) is 0 Å². The highest BCUT2D eigenvalue weighted by atomic mass is 32.2. The van der Waals surface area contributed by atoms with Gasteiger partial charge in [-0.15, -0.1) is 0 Å². The van der Waals surface area contributed by atoms with E-state index in [1.54, 1.807) is 6.07 Å². The van der Waals surface area contributed by atoms with Crippen molar-refractivity contribution in [2.45, 2.75) is 30.2 Å². The fraction of sp³-hybridized carbons (Fsp3) is 0.538. The Morgan fingerprint density at radius 3 is 2.78 bits per heavy atom. The number of nitrogens with one attached hydrogen (secondary N) is 1. The first kappa shape index (κ1) is 11.8. The van der Waals surface area contributed by atoms with Gasteiger partial charge in [-0.1, -0.05) is 6.07 Å². The van der Waals surface area contributed by atoms with Crippen LogP contribution in [0.4, 0.5) is 11.4 Å². The summed E-state index contributed by atoms with van der Waals surface area (Å²) in [5.41, 5.74) is 1.85. The minimum atomic E-state index is -3.18. The Balaban J connectivity index is 2.13. The molecule has 2 aliphatic rings. The van der Waals surface area contributed by atoms with E-state index in [4.69, 9.17) is 0 Å². The Bertz CT molecular complexity index is 564. The molecule has 0 aromatic heterocycles. The second-order valence-corrected chi connectivity index (χ2v) is 7.11. The summed E-state index contributed by atoms with van der Waals surface area (Å²) >= 11 is 0. The van der Waals surface area contributed by atoms with Gasteiger partial charge in [-0.2, -0.15) is 0 Å². The highest BCUT2D eigenvalue weighted by Gasteiger charge is 2.32. The maximum absolute atomic E-state index is 11.9. The fourth-order valence-electron chi connectivity index (χ4n) is 2.59. The third kappa shape index (κ3) is 2.07. The number of nitrogens with zero attached hydrogens (tertiary/aromatic N) is 1. The molecule has 1 heterocycles. The molecule has 18 heavy (non-hydrogen) atoms. The molecule has 0 spiro atoms. The van der Waals surface area contributed by atoms with Gasteiger partial charge < -0.3 is 10.2 Å². The molecular weight excluding hydrogens is 248 g/mol. The summed E-state index contributed by atoms with van der Waals surface area (Å²) in [6, 6.07) is 6.17. The van der Waals surface area contributed by atoms with Crippen molar-refractivity contribution in [2.75, 3.05) is 29.6 Å². The molecule has 0 bridgehead atoms. The average Bonchev–Trinajstić information content (AvgIpc) is 3.12. The second-order valence-electron chi connectivity index (χ2n) is 5.13. The highest BCUT2D eigenvalue weighted by Crippen LogP contribution is 2.40. The van der Waals surface area contributed by atoms with E-state index in [9.17, 15) is 8.42 Å². The number of anilines is 2. The summed E-state index contributed by atoms with van der Waals surface area (Å²) in [7, 11) is -3.18. The van der Waals surface area contributed by atoms with E-state index in [1.807, 2.05) is 12.1 Å². The van der Waals surface area contributed by atoms with Crippen molar-refractivity contribution in [3.63, 3.8) is 0 Å². The molecule has 1 N–H and O–H groups in total. The average molecular weight is 266 g/mol. The molecule has 0 atom stereocenters. The molecule has 98 valence electrons. The molecule has 0 amide bonds. The van der Waals surface area contributed by atoms with Crippen LogP contribution in [0.1, 0.15) is 19.3 Å². The van der Waals surface area contributed by atoms with E-state index in [2.05, 4.69) is 10.2 Å². The first-order valence-electron chi connectivity index (χ1n) is 6.41. The zero-order valence-electron chi connectivity index (χ0n) is 10.5. The topological polar surface area (TPSA) is 49.4 Å². The number of rotatable bonds is 2. The van der Waals surface area contributed by atoms with Crippen LogP contribution in [0.15, 0.2) is 23.1 Å². The Morgan fingerprint density at radius 1 is 1.33 bits per heavy atom. The highest BCUT2D eigenvalue weighted by molar-refractivity contribution is 7.90. The predicted octanol–water partition coefficient (Wildman–Crippen LogP) is 1.87. The molecule has 1 aromatic carbocycles. The predicted molar refractivity (Wildman–Crippen MR) is 73.0 cm³/mol. The normalized spacial score (nSPS) is 19.9. The smallest absolute Gasteiger partial charge is 0.177 e. The van der Waals surface area contributed by atoms with Gasteiger partial charge >= 0.3 is 0 Å². The monoisotopic (exact) mass is 266 g/mol. The Kier molecular flexibility index (Phi) is 2.73. The first-order valence-corrected chi connectivity index (χ1v) is 8.30. The molecule has 1 aliphatic carbocycles. The van der Waals surface area contributed by atoms with E-state index in [-0.39, 0.29) is 0 Å². The molecule has 1 aliphatic heterocycles. The Morgan fingerprint density at radius 2 is 2.11 bits per heavy atom. The van der Waals surface area contributed by atoms with Crippen LogP contribution in [0, 0.1) is 0 Å². The molecule has 0 radical (unpaired) electrons. The molecular formula is C13H18N2O2S. The largest absolute Gasteiger partial charge is 0.382 e. The zero-order valence-corrected chi connectivity index (χ0v) is 11.3. The maximum Gasteiger partial charge on any atom is 0.177 e. The van der Waals surface area contributed by atoms with E-state index >= 15 is 0 Å². The van der Waals surface area contributed by atoms with Gasteiger partial charge in [-0.05, 0) is 31.4 Å². The number of fused-ring (bicyclic) bond motifs is 1. The number of benzene rings is 1. The molecule has 1 fully saturated rings. The van der Waals surface area contributed by atoms with Crippen LogP contribution in [-0.2, 0) is 9.84 Å². The standard InChI is InChI=1S/C13H18N2O2S/c1-18(16,17)12-5-2-4-11-13(12)14-8-3-9-15(11)10-6-7-10/h2,4-5,10,14H,3,6-9H2,1H3. The summed E-state index contributed by atoms with van der Waals surface area (Å²) in [6.07, 6.45) is 4.77. The Hall–Kier alpha value is -1.23. The Labute approximate surface area is 108 Å². The van der Waals surface area contributed by atoms with Gasteiger partial charge in [0, 0.05) is 25.4 Å². The van der Waals surface area contributed by atoms with Crippen LogP contribution < -0.4 is 10.2 Å². The molecule has 3 rings (SSSR count). The molecule has 1 saturated carbocycles. The zero-order chi connectivity index (χ0) is 12.8. The molecule has 5 heteroatoms.